The molecular formula is C17H20ClN2O+. The first-order chi connectivity index (χ1) is 9.99. The van der Waals surface area contributed by atoms with Crippen LogP contribution in [0.4, 0.5) is 5.69 Å². The number of amides is 1. The lowest BCUT2D eigenvalue weighted by Crippen LogP contribution is -2.43. The fourth-order valence-corrected chi connectivity index (χ4v) is 2.39. The van der Waals surface area contributed by atoms with Crippen molar-refractivity contribution >= 4 is 23.2 Å². The molecule has 1 aromatic heterocycles. The molecule has 0 saturated heterocycles. The molecule has 4 heteroatoms. The van der Waals surface area contributed by atoms with Crippen LogP contribution in [0.25, 0.3) is 0 Å². The summed E-state index contributed by atoms with van der Waals surface area (Å²) in [4.78, 5) is 12.2. The van der Waals surface area contributed by atoms with Gasteiger partial charge in [-0.05, 0) is 43.2 Å². The maximum atomic E-state index is 12.2. The molecule has 1 heterocycles. The minimum atomic E-state index is -0.0400. The Bertz CT molecular complexity index is 668. The van der Waals surface area contributed by atoms with Crippen molar-refractivity contribution in [2.24, 2.45) is 0 Å². The zero-order chi connectivity index (χ0) is 15.4. The molecule has 0 spiro atoms. The summed E-state index contributed by atoms with van der Waals surface area (Å²) in [5.41, 5.74) is 4.04. The molecule has 0 aliphatic heterocycles. The average molecular weight is 304 g/mol. The number of aromatic nitrogens is 1. The number of anilines is 1. The van der Waals surface area contributed by atoms with Crippen molar-refractivity contribution in [3.8, 4) is 0 Å². The lowest BCUT2D eigenvalue weighted by Gasteiger charge is -2.08. The molecule has 21 heavy (non-hydrogen) atoms. The number of hydrogen-bond acceptors (Lipinski definition) is 1. The predicted molar refractivity (Wildman–Crippen MR) is 85.6 cm³/mol. The molecule has 2 rings (SSSR count). The molecule has 0 radical (unpaired) electrons. The summed E-state index contributed by atoms with van der Waals surface area (Å²) < 4.78 is 1.97. The van der Waals surface area contributed by atoms with Gasteiger partial charge >= 0.3 is 0 Å². The minimum absolute atomic E-state index is 0.0400. The maximum Gasteiger partial charge on any atom is 0.290 e. The monoisotopic (exact) mass is 303 g/mol. The summed E-state index contributed by atoms with van der Waals surface area (Å²) in [6.45, 7) is 6.34. The van der Waals surface area contributed by atoms with Gasteiger partial charge in [0, 0.05) is 29.3 Å². The van der Waals surface area contributed by atoms with Crippen molar-refractivity contribution in [2.75, 3.05) is 5.32 Å². The minimum Gasteiger partial charge on any atom is -0.320 e. The van der Waals surface area contributed by atoms with Gasteiger partial charge in [0.25, 0.3) is 5.91 Å². The molecule has 1 N–H and O–H groups in total. The molecule has 1 amide bonds. The number of pyridine rings is 1. The number of carbonyl (C=O) groups is 1. The molecule has 110 valence electrons. The molecule has 2 aromatic rings. The smallest absolute Gasteiger partial charge is 0.290 e. The number of rotatable bonds is 4. The second-order valence-electron chi connectivity index (χ2n) is 5.17. The molecule has 3 nitrogen and oxygen atoms in total. The highest BCUT2D eigenvalue weighted by atomic mass is 35.5. The van der Waals surface area contributed by atoms with Crippen LogP contribution < -0.4 is 9.88 Å². The van der Waals surface area contributed by atoms with Crippen LogP contribution in [-0.4, -0.2) is 5.91 Å². The van der Waals surface area contributed by atoms with Gasteiger partial charge in [-0.15, -0.1) is 0 Å². The summed E-state index contributed by atoms with van der Waals surface area (Å²) in [5, 5.41) is 3.60. The Hall–Kier alpha value is -1.87. The van der Waals surface area contributed by atoms with Crippen LogP contribution in [0.15, 0.2) is 36.5 Å². The van der Waals surface area contributed by atoms with Crippen LogP contribution in [0.3, 0.4) is 0 Å². The Morgan fingerprint density at radius 1 is 1.24 bits per heavy atom. The number of halogens is 1. The van der Waals surface area contributed by atoms with Crippen LogP contribution in [-0.2, 0) is 17.8 Å². The number of nitrogens with zero attached hydrogens (tertiary/aromatic N) is 1. The highest BCUT2D eigenvalue weighted by molar-refractivity contribution is 6.30. The predicted octanol–water partition coefficient (Wildman–Crippen LogP) is 3.45. The fraction of sp³-hybridized carbons (Fsp3) is 0.294. The van der Waals surface area contributed by atoms with E-state index in [1.807, 2.05) is 42.8 Å². The van der Waals surface area contributed by atoms with Crippen LogP contribution >= 0.6 is 11.6 Å². The van der Waals surface area contributed by atoms with Gasteiger partial charge in [0.2, 0.25) is 6.54 Å². The van der Waals surface area contributed by atoms with Crippen molar-refractivity contribution in [1.29, 1.82) is 0 Å². The van der Waals surface area contributed by atoms with Gasteiger partial charge in [0.15, 0.2) is 11.9 Å². The standard InChI is InChI=1S/C17H19ClN2O/c1-4-14-6-5-13(3)20(10-14)11-17(21)19-16-8-7-15(18)9-12(16)2/h5-10H,4,11H2,1-3H3/p+1. The van der Waals surface area contributed by atoms with Gasteiger partial charge in [0.1, 0.15) is 0 Å². The number of aryl methyl sites for hydroxylation is 3. The molecule has 0 atom stereocenters. The number of nitrogens with one attached hydrogen (secondary N) is 1. The van der Waals surface area contributed by atoms with Crippen LogP contribution in [0, 0.1) is 13.8 Å². The molecule has 0 unspecified atom stereocenters. The van der Waals surface area contributed by atoms with Gasteiger partial charge in [-0.2, -0.15) is 4.57 Å². The first kappa shape index (κ1) is 15.5. The van der Waals surface area contributed by atoms with Gasteiger partial charge < -0.3 is 5.32 Å². The molecule has 0 fully saturated rings. The van der Waals surface area contributed by atoms with Gasteiger partial charge in [0.05, 0.1) is 0 Å². The SMILES string of the molecule is CCc1ccc(C)[n+](CC(=O)Nc2ccc(Cl)cc2C)c1. The quantitative estimate of drug-likeness (QED) is 0.862. The van der Waals surface area contributed by atoms with Gasteiger partial charge in [-0.3, -0.25) is 4.79 Å². The fourth-order valence-electron chi connectivity index (χ4n) is 2.16. The Kier molecular flexibility index (Phi) is 4.97. The molecule has 0 aliphatic carbocycles. The van der Waals surface area contributed by atoms with E-state index in [-0.39, 0.29) is 5.91 Å². The molecule has 1 aromatic carbocycles. The van der Waals surface area contributed by atoms with Crippen molar-refractivity contribution in [2.45, 2.75) is 33.7 Å². The lowest BCUT2D eigenvalue weighted by molar-refractivity contribution is -0.690. The van der Waals surface area contributed by atoms with E-state index in [2.05, 4.69) is 18.3 Å². The second kappa shape index (κ2) is 6.72. The summed E-state index contributed by atoms with van der Waals surface area (Å²) in [7, 11) is 0. The van der Waals surface area contributed by atoms with E-state index in [0.717, 1.165) is 23.4 Å². The third-order valence-corrected chi connectivity index (χ3v) is 3.73. The van der Waals surface area contributed by atoms with Crippen molar-refractivity contribution in [3.63, 3.8) is 0 Å². The van der Waals surface area contributed by atoms with E-state index >= 15 is 0 Å². The Morgan fingerprint density at radius 2 is 2.00 bits per heavy atom. The second-order valence-corrected chi connectivity index (χ2v) is 5.60. The number of benzene rings is 1. The molecule has 0 bridgehead atoms. The molecular weight excluding hydrogens is 284 g/mol. The van der Waals surface area contributed by atoms with Gasteiger partial charge in [-0.25, -0.2) is 0 Å². The Balaban J connectivity index is 2.11. The Labute approximate surface area is 130 Å². The summed E-state index contributed by atoms with van der Waals surface area (Å²) in [5.74, 6) is -0.0400. The highest BCUT2D eigenvalue weighted by Gasteiger charge is 2.14. The first-order valence-electron chi connectivity index (χ1n) is 7.04. The largest absolute Gasteiger partial charge is 0.320 e. The van der Waals surface area contributed by atoms with Crippen LogP contribution in [0.1, 0.15) is 23.7 Å². The van der Waals surface area contributed by atoms with Crippen LogP contribution in [0.5, 0.6) is 0 Å². The van der Waals surface area contributed by atoms with Crippen molar-refractivity contribution in [1.82, 2.24) is 0 Å². The zero-order valence-corrected chi connectivity index (χ0v) is 13.4. The first-order valence-corrected chi connectivity index (χ1v) is 7.42. The normalized spacial score (nSPS) is 10.5. The maximum absolute atomic E-state index is 12.2. The van der Waals surface area contributed by atoms with E-state index in [9.17, 15) is 4.79 Å². The number of hydrogen-bond donors (Lipinski definition) is 1. The third kappa shape index (κ3) is 4.05. The molecule has 0 aliphatic rings. The zero-order valence-electron chi connectivity index (χ0n) is 12.6. The van der Waals surface area contributed by atoms with E-state index in [1.54, 1.807) is 6.07 Å². The van der Waals surface area contributed by atoms with Crippen molar-refractivity contribution in [3.05, 3.63) is 58.4 Å². The molecule has 0 saturated carbocycles. The summed E-state index contributed by atoms with van der Waals surface area (Å²) in [6, 6.07) is 9.58. The lowest BCUT2D eigenvalue weighted by atomic mass is 10.2. The number of carbonyl (C=O) groups excluding carboxylic acids is 1. The van der Waals surface area contributed by atoms with E-state index < -0.39 is 0 Å². The summed E-state index contributed by atoms with van der Waals surface area (Å²) in [6.07, 6.45) is 2.99. The Morgan fingerprint density at radius 3 is 2.67 bits per heavy atom. The third-order valence-electron chi connectivity index (χ3n) is 3.50. The topological polar surface area (TPSA) is 33.0 Å². The average Bonchev–Trinajstić information content (AvgIpc) is 2.44. The van der Waals surface area contributed by atoms with E-state index in [4.69, 9.17) is 11.6 Å². The van der Waals surface area contributed by atoms with Crippen molar-refractivity contribution < 1.29 is 9.36 Å². The van der Waals surface area contributed by atoms with E-state index in [1.165, 1.54) is 5.56 Å². The summed E-state index contributed by atoms with van der Waals surface area (Å²) >= 11 is 5.92. The van der Waals surface area contributed by atoms with Crippen LogP contribution in [0.2, 0.25) is 5.02 Å². The van der Waals surface area contributed by atoms with E-state index in [0.29, 0.717) is 11.6 Å². The van der Waals surface area contributed by atoms with Gasteiger partial charge in [-0.1, -0.05) is 18.5 Å². The highest BCUT2D eigenvalue weighted by Crippen LogP contribution is 2.19.